The number of anilines is 1. The van der Waals surface area contributed by atoms with Crippen LogP contribution in [0, 0.1) is 0 Å². The van der Waals surface area contributed by atoms with Gasteiger partial charge in [0.05, 0.1) is 0 Å². The number of nitrogen functional groups attached to an aromatic ring is 1. The Hall–Kier alpha value is -2.30. The quantitative estimate of drug-likeness (QED) is 0.566. The third-order valence-electron chi connectivity index (χ3n) is 2.33. The molecule has 0 bridgehead atoms. The van der Waals surface area contributed by atoms with Crippen LogP contribution >= 0.6 is 0 Å². The number of aromatic nitrogens is 4. The summed E-state index contributed by atoms with van der Waals surface area (Å²) >= 11 is 0. The molecule has 0 fully saturated rings. The number of nitrogens with two attached hydrogens (primary N) is 1. The van der Waals surface area contributed by atoms with Crippen LogP contribution in [0.1, 0.15) is 0 Å². The van der Waals surface area contributed by atoms with Crippen LogP contribution in [0.5, 0.6) is 0 Å². The lowest BCUT2D eigenvalue weighted by atomic mass is 10.4. The van der Waals surface area contributed by atoms with Crippen molar-refractivity contribution in [2.75, 3.05) is 5.73 Å². The van der Waals surface area contributed by atoms with Crippen molar-refractivity contribution in [1.82, 2.24) is 19.0 Å². The molecule has 3 rings (SSSR count). The lowest BCUT2D eigenvalue weighted by Gasteiger charge is -1.95. The summed E-state index contributed by atoms with van der Waals surface area (Å²) < 4.78 is 5.77. The van der Waals surface area contributed by atoms with Crippen LogP contribution in [0.4, 0.5) is 5.69 Å². The summed E-state index contributed by atoms with van der Waals surface area (Å²) in [5, 5.41) is 3.17. The van der Waals surface area contributed by atoms with Crippen molar-refractivity contribution in [2.24, 2.45) is 0 Å². The molecule has 0 saturated carbocycles. The summed E-state index contributed by atoms with van der Waals surface area (Å²) in [5.74, 6) is 1.01. The number of rotatable bonds is 0. The molecule has 5 nitrogen and oxygen atoms in total. The van der Waals surface area contributed by atoms with E-state index in [0.717, 1.165) is 11.5 Å². The zero-order valence-electron chi connectivity index (χ0n) is 8.04. The number of tetrazole rings is 1. The van der Waals surface area contributed by atoms with Crippen LogP contribution in [0.25, 0.3) is 5.82 Å². The second kappa shape index (κ2) is 2.84. The normalized spacial score (nSPS) is 10.9. The van der Waals surface area contributed by atoms with E-state index in [1.165, 1.54) is 0 Å². The van der Waals surface area contributed by atoms with Gasteiger partial charge in [0.1, 0.15) is 0 Å². The fourth-order valence-electron chi connectivity index (χ4n) is 1.60. The minimum absolute atomic E-state index is 0.738. The molecule has 0 atom stereocenters. The predicted molar refractivity (Wildman–Crippen MR) is 57.8 cm³/mol. The SMILES string of the molecule is Nc1ccc2n3ccccn3[nH]n-2cc1. The number of nitrogens with one attached hydrogen (secondary N) is 1. The Labute approximate surface area is 85.9 Å². The van der Waals surface area contributed by atoms with E-state index >= 15 is 0 Å². The van der Waals surface area contributed by atoms with Crippen molar-refractivity contribution in [2.45, 2.75) is 0 Å². The minimum Gasteiger partial charge on any atom is -0.399 e. The third kappa shape index (κ3) is 1.17. The first-order valence-electron chi connectivity index (χ1n) is 4.69. The van der Waals surface area contributed by atoms with E-state index in [-0.39, 0.29) is 0 Å². The smallest absolute Gasteiger partial charge is 0.154 e. The van der Waals surface area contributed by atoms with E-state index in [2.05, 4.69) is 5.21 Å². The van der Waals surface area contributed by atoms with Gasteiger partial charge in [-0.1, -0.05) is 0 Å². The van der Waals surface area contributed by atoms with E-state index < -0.39 is 0 Å². The molecular formula is C10H11N5. The fourth-order valence-corrected chi connectivity index (χ4v) is 1.60. The predicted octanol–water partition coefficient (Wildman–Crippen LogP) is 1.30. The van der Waals surface area contributed by atoms with Crippen molar-refractivity contribution < 1.29 is 0 Å². The van der Waals surface area contributed by atoms with Crippen molar-refractivity contribution >= 4 is 5.69 Å². The van der Waals surface area contributed by atoms with Gasteiger partial charge in [-0.05, 0) is 30.3 Å². The first-order chi connectivity index (χ1) is 7.34. The average Bonchev–Trinajstić information content (AvgIpc) is 2.51. The zero-order chi connectivity index (χ0) is 10.3. The Bertz CT molecular complexity index is 607. The van der Waals surface area contributed by atoms with Crippen molar-refractivity contribution in [3.8, 4) is 5.82 Å². The van der Waals surface area contributed by atoms with Crippen LogP contribution in [-0.4, -0.2) is 19.0 Å². The van der Waals surface area contributed by atoms with E-state index in [4.69, 9.17) is 5.73 Å². The molecule has 0 spiro atoms. The molecule has 3 N–H and O–H groups in total. The summed E-state index contributed by atoms with van der Waals surface area (Å²) in [6.45, 7) is 0. The molecule has 3 heterocycles. The van der Waals surface area contributed by atoms with Crippen LogP contribution < -0.4 is 5.73 Å². The molecular weight excluding hydrogens is 190 g/mol. The van der Waals surface area contributed by atoms with Gasteiger partial charge in [-0.3, -0.25) is 0 Å². The largest absolute Gasteiger partial charge is 0.399 e. The monoisotopic (exact) mass is 201 g/mol. The summed E-state index contributed by atoms with van der Waals surface area (Å²) in [5.41, 5.74) is 6.45. The third-order valence-corrected chi connectivity index (χ3v) is 2.33. The molecule has 0 aromatic carbocycles. The Morgan fingerprint density at radius 3 is 2.80 bits per heavy atom. The highest BCUT2D eigenvalue weighted by Gasteiger charge is 2.02. The number of hydrogen-bond donors (Lipinski definition) is 2. The van der Waals surface area contributed by atoms with E-state index in [9.17, 15) is 0 Å². The van der Waals surface area contributed by atoms with Crippen molar-refractivity contribution in [3.63, 3.8) is 0 Å². The van der Waals surface area contributed by atoms with Gasteiger partial charge in [-0.2, -0.15) is 4.63 Å². The standard InChI is InChI=1S/C10H11N5/c11-9-3-4-10-13(8-5-9)12-15-7-2-1-6-14(10)15/h1-8,12H,11H2. The van der Waals surface area contributed by atoms with Gasteiger partial charge in [0, 0.05) is 24.3 Å². The van der Waals surface area contributed by atoms with E-state index in [1.807, 2.05) is 62.7 Å². The van der Waals surface area contributed by atoms with Crippen LogP contribution in [0.3, 0.4) is 0 Å². The number of nitrogens with zero attached hydrogens (tertiary/aromatic N) is 3. The van der Waals surface area contributed by atoms with Gasteiger partial charge >= 0.3 is 0 Å². The van der Waals surface area contributed by atoms with Gasteiger partial charge in [-0.25, -0.2) is 14.4 Å². The molecule has 0 aliphatic carbocycles. The first kappa shape index (κ1) is 8.05. The molecule has 1 aromatic heterocycles. The topological polar surface area (TPSA) is 55.6 Å². The molecule has 5 heteroatoms. The maximum absolute atomic E-state index is 5.72. The van der Waals surface area contributed by atoms with Gasteiger partial charge in [-0.15, -0.1) is 0 Å². The second-order valence-electron chi connectivity index (χ2n) is 3.35. The molecule has 0 radical (unpaired) electrons. The van der Waals surface area contributed by atoms with Crippen LogP contribution in [-0.2, 0) is 0 Å². The van der Waals surface area contributed by atoms with Crippen LogP contribution in [0.15, 0.2) is 48.9 Å². The lowest BCUT2D eigenvalue weighted by Crippen LogP contribution is -1.95. The average molecular weight is 201 g/mol. The Morgan fingerprint density at radius 2 is 1.87 bits per heavy atom. The number of fused-ring (bicyclic) bond motifs is 3. The number of aromatic amines is 1. The highest BCUT2D eigenvalue weighted by atomic mass is 15.6. The van der Waals surface area contributed by atoms with Gasteiger partial charge in [0.25, 0.3) is 0 Å². The van der Waals surface area contributed by atoms with Crippen molar-refractivity contribution in [1.29, 1.82) is 0 Å². The molecule has 1 aromatic rings. The lowest BCUT2D eigenvalue weighted by molar-refractivity contribution is 0.688. The highest BCUT2D eigenvalue weighted by molar-refractivity contribution is 5.38. The number of H-pyrrole nitrogens is 1. The Morgan fingerprint density at radius 1 is 1.00 bits per heavy atom. The zero-order valence-corrected chi connectivity index (χ0v) is 8.04. The van der Waals surface area contributed by atoms with E-state index in [1.54, 1.807) is 0 Å². The maximum atomic E-state index is 5.72. The van der Waals surface area contributed by atoms with E-state index in [0.29, 0.717) is 0 Å². The second-order valence-corrected chi connectivity index (χ2v) is 3.35. The molecule has 0 unspecified atom stereocenters. The van der Waals surface area contributed by atoms with Crippen molar-refractivity contribution in [3.05, 3.63) is 48.9 Å². The summed E-state index contributed by atoms with van der Waals surface area (Å²) in [4.78, 5) is 0. The van der Waals surface area contributed by atoms with Gasteiger partial charge in [0.2, 0.25) is 0 Å². The Balaban J connectivity index is 2.47. The molecule has 0 amide bonds. The van der Waals surface area contributed by atoms with Gasteiger partial charge < -0.3 is 5.73 Å². The summed E-state index contributed by atoms with van der Waals surface area (Å²) in [6.07, 6.45) is 5.81. The molecule has 0 saturated heterocycles. The minimum atomic E-state index is 0.738. The molecule has 2 aliphatic heterocycles. The molecule has 15 heavy (non-hydrogen) atoms. The fraction of sp³-hybridized carbons (Fsp3) is 0. The maximum Gasteiger partial charge on any atom is 0.154 e. The Kier molecular flexibility index (Phi) is 1.53. The highest BCUT2D eigenvalue weighted by Crippen LogP contribution is 2.08. The number of hydrogen-bond acceptors (Lipinski definition) is 1. The molecule has 76 valence electrons. The van der Waals surface area contributed by atoms with Crippen LogP contribution in [0.2, 0.25) is 0 Å². The molecule has 2 aliphatic rings. The first-order valence-corrected chi connectivity index (χ1v) is 4.69. The van der Waals surface area contributed by atoms with Gasteiger partial charge in [0.15, 0.2) is 5.82 Å². The summed E-state index contributed by atoms with van der Waals surface area (Å²) in [7, 11) is 0. The summed E-state index contributed by atoms with van der Waals surface area (Å²) in [6, 6.07) is 9.63.